The number of epoxide rings is 2. The molecular weight excluding hydrogens is 232 g/mol. The van der Waals surface area contributed by atoms with E-state index in [2.05, 4.69) is 13.8 Å². The number of hydrogen-bond donors (Lipinski definition) is 0. The molecule has 2 saturated heterocycles. The molecule has 2 aliphatic rings. The second-order valence-corrected chi connectivity index (χ2v) is 5.06. The van der Waals surface area contributed by atoms with Crippen LogP contribution in [-0.2, 0) is 18.9 Å². The van der Waals surface area contributed by atoms with Gasteiger partial charge >= 0.3 is 0 Å². The fourth-order valence-corrected chi connectivity index (χ4v) is 2.08. The lowest BCUT2D eigenvalue weighted by atomic mass is 10.2. The number of unbranched alkanes of at least 4 members (excludes halogenated alkanes) is 3. The Bertz CT molecular complexity index is 210. The fourth-order valence-electron chi connectivity index (χ4n) is 2.08. The van der Waals surface area contributed by atoms with Crippen molar-refractivity contribution in [2.75, 3.05) is 13.2 Å². The predicted molar refractivity (Wildman–Crippen MR) is 68.3 cm³/mol. The second kappa shape index (κ2) is 7.43. The third-order valence-corrected chi connectivity index (χ3v) is 3.48. The summed E-state index contributed by atoms with van der Waals surface area (Å²) in [5, 5.41) is 0. The van der Waals surface area contributed by atoms with Gasteiger partial charge < -0.3 is 18.9 Å². The molecule has 18 heavy (non-hydrogen) atoms. The maximum absolute atomic E-state index is 5.57. The lowest BCUT2D eigenvalue weighted by Crippen LogP contribution is -2.03. The van der Waals surface area contributed by atoms with Crippen molar-refractivity contribution >= 4 is 0 Å². The smallest absolute Gasteiger partial charge is 0.184 e. The van der Waals surface area contributed by atoms with Crippen LogP contribution in [0.3, 0.4) is 0 Å². The summed E-state index contributed by atoms with van der Waals surface area (Å²) in [5.74, 6) is 0. The van der Waals surface area contributed by atoms with E-state index in [0.717, 1.165) is 38.9 Å². The van der Waals surface area contributed by atoms with Crippen LogP contribution >= 0.6 is 0 Å². The van der Waals surface area contributed by atoms with E-state index in [1.807, 2.05) is 0 Å². The average molecular weight is 258 g/mol. The molecule has 4 nitrogen and oxygen atoms in total. The molecule has 0 bridgehead atoms. The molecule has 2 heterocycles. The van der Waals surface area contributed by atoms with E-state index in [1.165, 1.54) is 12.8 Å². The van der Waals surface area contributed by atoms with Crippen LogP contribution in [0.1, 0.15) is 52.4 Å². The molecular formula is C14H26O4. The van der Waals surface area contributed by atoms with Gasteiger partial charge in [0.15, 0.2) is 12.6 Å². The van der Waals surface area contributed by atoms with E-state index >= 15 is 0 Å². The van der Waals surface area contributed by atoms with Crippen LogP contribution in [0.15, 0.2) is 0 Å². The summed E-state index contributed by atoms with van der Waals surface area (Å²) >= 11 is 0. The zero-order valence-electron chi connectivity index (χ0n) is 11.6. The Kier molecular flexibility index (Phi) is 5.89. The highest BCUT2D eigenvalue weighted by Crippen LogP contribution is 2.27. The zero-order chi connectivity index (χ0) is 12.8. The molecule has 0 aromatic carbocycles. The Hall–Kier alpha value is -0.160. The molecule has 0 saturated carbocycles. The molecule has 0 spiro atoms. The highest BCUT2D eigenvalue weighted by atomic mass is 16.8. The van der Waals surface area contributed by atoms with E-state index in [0.29, 0.717) is 12.2 Å². The van der Waals surface area contributed by atoms with Gasteiger partial charge in [-0.2, -0.15) is 0 Å². The van der Waals surface area contributed by atoms with Gasteiger partial charge in [-0.25, -0.2) is 0 Å². The summed E-state index contributed by atoms with van der Waals surface area (Å²) in [6, 6.07) is 0. The second-order valence-electron chi connectivity index (χ2n) is 5.06. The topological polar surface area (TPSA) is 43.5 Å². The van der Waals surface area contributed by atoms with Gasteiger partial charge in [0.1, 0.15) is 12.2 Å². The van der Waals surface area contributed by atoms with Gasteiger partial charge in [0.05, 0.1) is 0 Å². The summed E-state index contributed by atoms with van der Waals surface area (Å²) in [5.41, 5.74) is 0. The van der Waals surface area contributed by atoms with Crippen molar-refractivity contribution in [2.45, 2.75) is 77.2 Å². The van der Waals surface area contributed by atoms with Crippen LogP contribution in [0, 0.1) is 0 Å². The van der Waals surface area contributed by atoms with Gasteiger partial charge in [-0.1, -0.05) is 26.7 Å². The first-order chi connectivity index (χ1) is 8.85. The van der Waals surface area contributed by atoms with Gasteiger partial charge in [0.25, 0.3) is 0 Å². The molecule has 4 heteroatoms. The van der Waals surface area contributed by atoms with Crippen LogP contribution in [-0.4, -0.2) is 38.0 Å². The van der Waals surface area contributed by atoms with Gasteiger partial charge in [-0.15, -0.1) is 0 Å². The number of rotatable bonds is 11. The zero-order valence-corrected chi connectivity index (χ0v) is 11.6. The molecule has 0 aliphatic carbocycles. The van der Waals surface area contributed by atoms with Crippen molar-refractivity contribution in [3.05, 3.63) is 0 Å². The molecule has 2 rings (SSSR count). The standard InChI is InChI=1S/C14H26O4/c1-3-11-13(17-11)15-9-7-5-6-8-10-16-14-12(4-2)18-14/h11-14H,3-10H2,1-2H3. The van der Waals surface area contributed by atoms with Gasteiger partial charge in [-0.3, -0.25) is 0 Å². The molecule has 2 aliphatic heterocycles. The summed E-state index contributed by atoms with van der Waals surface area (Å²) in [7, 11) is 0. The summed E-state index contributed by atoms with van der Waals surface area (Å²) in [6.07, 6.45) is 7.68. The van der Waals surface area contributed by atoms with Crippen molar-refractivity contribution in [1.29, 1.82) is 0 Å². The monoisotopic (exact) mass is 258 g/mol. The quantitative estimate of drug-likeness (QED) is 0.422. The first kappa shape index (κ1) is 14.3. The number of ether oxygens (including phenoxy) is 4. The molecule has 0 radical (unpaired) electrons. The molecule has 4 unspecified atom stereocenters. The van der Waals surface area contributed by atoms with Crippen LogP contribution in [0.5, 0.6) is 0 Å². The van der Waals surface area contributed by atoms with E-state index in [1.54, 1.807) is 0 Å². The minimum atomic E-state index is 0.0938. The molecule has 106 valence electrons. The van der Waals surface area contributed by atoms with Crippen molar-refractivity contribution in [2.24, 2.45) is 0 Å². The molecule has 0 amide bonds. The SMILES string of the molecule is CCC1OC1OCCCCCCOC1OC1CC. The van der Waals surface area contributed by atoms with Crippen LogP contribution < -0.4 is 0 Å². The minimum absolute atomic E-state index is 0.0938. The maximum atomic E-state index is 5.57. The molecule has 0 aromatic rings. The largest absolute Gasteiger partial charge is 0.350 e. The normalized spacial score (nSPS) is 33.7. The Labute approximate surface area is 110 Å². The Morgan fingerprint density at radius 3 is 1.50 bits per heavy atom. The third kappa shape index (κ3) is 4.84. The Morgan fingerprint density at radius 2 is 1.17 bits per heavy atom. The van der Waals surface area contributed by atoms with E-state index in [4.69, 9.17) is 18.9 Å². The highest BCUT2D eigenvalue weighted by Gasteiger charge is 2.38. The van der Waals surface area contributed by atoms with Crippen LogP contribution in [0.25, 0.3) is 0 Å². The van der Waals surface area contributed by atoms with Crippen LogP contribution in [0.4, 0.5) is 0 Å². The first-order valence-corrected chi connectivity index (χ1v) is 7.39. The summed E-state index contributed by atoms with van der Waals surface area (Å²) < 4.78 is 21.8. The molecule has 0 aromatic heterocycles. The maximum Gasteiger partial charge on any atom is 0.184 e. The first-order valence-electron chi connectivity index (χ1n) is 7.39. The van der Waals surface area contributed by atoms with Crippen LogP contribution in [0.2, 0.25) is 0 Å². The van der Waals surface area contributed by atoms with Crippen molar-refractivity contribution in [3.8, 4) is 0 Å². The minimum Gasteiger partial charge on any atom is -0.350 e. The summed E-state index contributed by atoms with van der Waals surface area (Å²) in [4.78, 5) is 0. The highest BCUT2D eigenvalue weighted by molar-refractivity contribution is 4.75. The van der Waals surface area contributed by atoms with E-state index in [9.17, 15) is 0 Å². The molecule has 0 N–H and O–H groups in total. The lowest BCUT2D eigenvalue weighted by Gasteiger charge is -2.02. The Balaban J connectivity index is 1.28. The summed E-state index contributed by atoms with van der Waals surface area (Å²) in [6.45, 7) is 5.90. The number of hydrogen-bond acceptors (Lipinski definition) is 4. The molecule has 4 atom stereocenters. The van der Waals surface area contributed by atoms with Crippen molar-refractivity contribution < 1.29 is 18.9 Å². The average Bonchev–Trinajstić information content (AvgIpc) is 3.27. The van der Waals surface area contributed by atoms with Crippen molar-refractivity contribution in [1.82, 2.24) is 0 Å². The van der Waals surface area contributed by atoms with Gasteiger partial charge in [0, 0.05) is 13.2 Å². The van der Waals surface area contributed by atoms with Crippen molar-refractivity contribution in [3.63, 3.8) is 0 Å². The third-order valence-electron chi connectivity index (χ3n) is 3.48. The Morgan fingerprint density at radius 1 is 0.722 bits per heavy atom. The van der Waals surface area contributed by atoms with Gasteiger partial charge in [-0.05, 0) is 25.7 Å². The van der Waals surface area contributed by atoms with Gasteiger partial charge in [0.2, 0.25) is 0 Å². The predicted octanol–water partition coefficient (Wildman–Crippen LogP) is 2.85. The fraction of sp³-hybridized carbons (Fsp3) is 1.00. The van der Waals surface area contributed by atoms with E-state index in [-0.39, 0.29) is 12.6 Å². The molecule has 2 fully saturated rings. The van der Waals surface area contributed by atoms with E-state index < -0.39 is 0 Å². The lowest BCUT2D eigenvalue weighted by molar-refractivity contribution is 0.0421.